The number of carbonyl (C=O) groups is 3. The number of hydrogen-bond acceptors (Lipinski definition) is 5. The summed E-state index contributed by atoms with van der Waals surface area (Å²) in [5.41, 5.74) is 3.14. The Morgan fingerprint density at radius 3 is 2.50 bits per heavy atom. The highest BCUT2D eigenvalue weighted by atomic mass is 32.2. The highest BCUT2D eigenvalue weighted by Gasteiger charge is 2.36. The van der Waals surface area contributed by atoms with Crippen LogP contribution in [-0.4, -0.2) is 28.5 Å². The number of thioether (sulfide) groups is 1. The molecular formula is C26H21FN2O4S. The number of halogens is 1. The molecule has 3 amide bonds. The fourth-order valence-corrected chi connectivity index (χ4v) is 4.10. The van der Waals surface area contributed by atoms with Gasteiger partial charge in [-0.1, -0.05) is 36.4 Å². The molecule has 3 aromatic carbocycles. The van der Waals surface area contributed by atoms with Gasteiger partial charge in [0.15, 0.2) is 0 Å². The Labute approximate surface area is 200 Å². The van der Waals surface area contributed by atoms with Crippen LogP contribution in [0, 0.1) is 12.7 Å². The normalized spacial score (nSPS) is 14.5. The summed E-state index contributed by atoms with van der Waals surface area (Å²) in [6.45, 7) is 1.84. The lowest BCUT2D eigenvalue weighted by Gasteiger charge is -2.12. The molecule has 0 bridgehead atoms. The number of aryl methyl sites for hydroxylation is 1. The molecule has 0 atom stereocenters. The van der Waals surface area contributed by atoms with Gasteiger partial charge >= 0.3 is 0 Å². The standard InChI is InChI=1S/C26H21FN2O4S/c1-17-3-2-4-21(13-17)28-24(30)15-29-25(31)23(34-26(29)32)14-18-7-11-22(12-8-18)33-16-19-5-9-20(27)10-6-19/h2-14H,15-16H2,1H3,(H,28,30)/b23-14-. The van der Waals surface area contributed by atoms with E-state index in [1.165, 1.54) is 12.1 Å². The number of anilines is 1. The molecule has 6 nitrogen and oxygen atoms in total. The van der Waals surface area contributed by atoms with E-state index in [9.17, 15) is 18.8 Å². The molecule has 3 aromatic rings. The third-order valence-electron chi connectivity index (χ3n) is 4.97. The van der Waals surface area contributed by atoms with E-state index in [4.69, 9.17) is 4.74 Å². The Morgan fingerprint density at radius 1 is 1.06 bits per heavy atom. The van der Waals surface area contributed by atoms with Crippen molar-refractivity contribution in [1.29, 1.82) is 0 Å². The number of nitrogens with one attached hydrogen (secondary N) is 1. The van der Waals surface area contributed by atoms with Gasteiger partial charge in [0.2, 0.25) is 5.91 Å². The highest BCUT2D eigenvalue weighted by molar-refractivity contribution is 8.18. The SMILES string of the molecule is Cc1cccc(NC(=O)CN2C(=O)S/C(=C\c3ccc(OCc4ccc(F)cc4)cc3)C2=O)c1. The Balaban J connectivity index is 1.35. The molecular weight excluding hydrogens is 455 g/mol. The van der Waals surface area contributed by atoms with Gasteiger partial charge in [-0.2, -0.15) is 0 Å². The first-order chi connectivity index (χ1) is 16.4. The van der Waals surface area contributed by atoms with Gasteiger partial charge in [-0.3, -0.25) is 19.3 Å². The summed E-state index contributed by atoms with van der Waals surface area (Å²) in [5.74, 6) is -0.644. The molecule has 1 aliphatic heterocycles. The lowest BCUT2D eigenvalue weighted by atomic mass is 10.2. The fraction of sp³-hybridized carbons (Fsp3) is 0.115. The quantitative estimate of drug-likeness (QED) is 0.463. The summed E-state index contributed by atoms with van der Waals surface area (Å²) in [4.78, 5) is 38.5. The van der Waals surface area contributed by atoms with Crippen LogP contribution >= 0.6 is 11.8 Å². The molecule has 1 fully saturated rings. The number of imide groups is 1. The van der Waals surface area contributed by atoms with Crippen LogP contribution in [0.3, 0.4) is 0 Å². The molecule has 4 rings (SSSR count). The van der Waals surface area contributed by atoms with Crippen molar-refractivity contribution in [3.8, 4) is 5.75 Å². The first kappa shape index (κ1) is 23.3. The summed E-state index contributed by atoms with van der Waals surface area (Å²) < 4.78 is 18.7. The van der Waals surface area contributed by atoms with E-state index in [2.05, 4.69) is 5.32 Å². The molecule has 0 spiro atoms. The van der Waals surface area contributed by atoms with Crippen LogP contribution in [0.1, 0.15) is 16.7 Å². The van der Waals surface area contributed by atoms with Gasteiger partial charge in [-0.15, -0.1) is 0 Å². The molecule has 0 saturated carbocycles. The zero-order valence-electron chi connectivity index (χ0n) is 18.3. The van der Waals surface area contributed by atoms with Crippen molar-refractivity contribution in [3.05, 3.63) is 100 Å². The topological polar surface area (TPSA) is 75.7 Å². The second kappa shape index (κ2) is 10.4. The van der Waals surface area contributed by atoms with Crippen molar-refractivity contribution >= 4 is 40.6 Å². The number of benzene rings is 3. The van der Waals surface area contributed by atoms with Crippen molar-refractivity contribution in [3.63, 3.8) is 0 Å². The summed E-state index contributed by atoms with van der Waals surface area (Å²) in [6.07, 6.45) is 1.60. The molecule has 1 N–H and O–H groups in total. The van der Waals surface area contributed by atoms with Crippen LogP contribution in [0.4, 0.5) is 14.9 Å². The van der Waals surface area contributed by atoms with Crippen LogP contribution in [0.15, 0.2) is 77.7 Å². The van der Waals surface area contributed by atoms with Crippen molar-refractivity contribution in [2.24, 2.45) is 0 Å². The zero-order chi connectivity index (χ0) is 24.1. The molecule has 8 heteroatoms. The van der Waals surface area contributed by atoms with Gasteiger partial charge in [-0.25, -0.2) is 4.39 Å². The fourth-order valence-electron chi connectivity index (χ4n) is 3.26. The van der Waals surface area contributed by atoms with Crippen LogP contribution in [-0.2, 0) is 16.2 Å². The van der Waals surface area contributed by atoms with Gasteiger partial charge in [0.1, 0.15) is 24.7 Å². The number of rotatable bonds is 7. The Kier molecular flexibility index (Phi) is 7.08. The largest absolute Gasteiger partial charge is 0.489 e. The number of ether oxygens (including phenoxy) is 1. The van der Waals surface area contributed by atoms with Gasteiger partial charge in [0.05, 0.1) is 4.91 Å². The van der Waals surface area contributed by atoms with Crippen molar-refractivity contribution in [2.75, 3.05) is 11.9 Å². The van der Waals surface area contributed by atoms with E-state index in [-0.39, 0.29) is 17.3 Å². The Bertz CT molecular complexity index is 1260. The molecule has 0 radical (unpaired) electrons. The van der Waals surface area contributed by atoms with Gasteiger partial charge in [0, 0.05) is 5.69 Å². The van der Waals surface area contributed by atoms with E-state index in [0.29, 0.717) is 23.6 Å². The number of nitrogens with zero attached hydrogens (tertiary/aromatic N) is 1. The van der Waals surface area contributed by atoms with Gasteiger partial charge in [-0.05, 0) is 77.9 Å². The second-order valence-electron chi connectivity index (χ2n) is 7.67. The minimum Gasteiger partial charge on any atom is -0.489 e. The molecule has 1 heterocycles. The zero-order valence-corrected chi connectivity index (χ0v) is 19.1. The van der Waals surface area contributed by atoms with Crippen molar-refractivity contribution in [2.45, 2.75) is 13.5 Å². The Hall–Kier alpha value is -3.91. The van der Waals surface area contributed by atoms with Crippen LogP contribution < -0.4 is 10.1 Å². The predicted octanol–water partition coefficient (Wildman–Crippen LogP) is 5.39. The second-order valence-corrected chi connectivity index (χ2v) is 8.66. The molecule has 0 unspecified atom stereocenters. The summed E-state index contributed by atoms with van der Waals surface area (Å²) in [5, 5.41) is 2.21. The predicted molar refractivity (Wildman–Crippen MR) is 130 cm³/mol. The summed E-state index contributed by atoms with van der Waals surface area (Å²) in [6, 6.07) is 20.3. The summed E-state index contributed by atoms with van der Waals surface area (Å²) in [7, 11) is 0. The highest BCUT2D eigenvalue weighted by Crippen LogP contribution is 2.32. The average molecular weight is 477 g/mol. The maximum Gasteiger partial charge on any atom is 0.294 e. The molecule has 0 aliphatic carbocycles. The van der Waals surface area contributed by atoms with E-state index in [1.807, 2.05) is 19.1 Å². The average Bonchev–Trinajstić information content (AvgIpc) is 3.07. The lowest BCUT2D eigenvalue weighted by molar-refractivity contribution is -0.127. The first-order valence-corrected chi connectivity index (χ1v) is 11.3. The minimum absolute atomic E-state index is 0.244. The summed E-state index contributed by atoms with van der Waals surface area (Å²) >= 11 is 0.797. The maximum absolute atomic E-state index is 13.0. The minimum atomic E-state index is -0.508. The molecule has 1 saturated heterocycles. The van der Waals surface area contributed by atoms with E-state index >= 15 is 0 Å². The van der Waals surface area contributed by atoms with E-state index < -0.39 is 17.1 Å². The molecule has 1 aliphatic rings. The van der Waals surface area contributed by atoms with Crippen LogP contribution in [0.5, 0.6) is 5.75 Å². The van der Waals surface area contributed by atoms with Crippen molar-refractivity contribution < 1.29 is 23.5 Å². The molecule has 172 valence electrons. The van der Waals surface area contributed by atoms with Crippen LogP contribution in [0.25, 0.3) is 6.08 Å². The number of hydrogen-bond donors (Lipinski definition) is 1. The van der Waals surface area contributed by atoms with Crippen LogP contribution in [0.2, 0.25) is 0 Å². The first-order valence-electron chi connectivity index (χ1n) is 10.5. The smallest absolute Gasteiger partial charge is 0.294 e. The van der Waals surface area contributed by atoms with E-state index in [0.717, 1.165) is 27.8 Å². The molecule has 0 aromatic heterocycles. The monoisotopic (exact) mass is 476 g/mol. The Morgan fingerprint density at radius 2 is 1.79 bits per heavy atom. The van der Waals surface area contributed by atoms with Gasteiger partial charge < -0.3 is 10.1 Å². The lowest BCUT2D eigenvalue weighted by Crippen LogP contribution is -2.36. The number of carbonyl (C=O) groups excluding carboxylic acids is 3. The number of amides is 3. The third-order valence-corrected chi connectivity index (χ3v) is 5.88. The van der Waals surface area contributed by atoms with Crippen molar-refractivity contribution in [1.82, 2.24) is 4.90 Å². The third kappa shape index (κ3) is 5.90. The van der Waals surface area contributed by atoms with E-state index in [1.54, 1.807) is 54.6 Å². The maximum atomic E-state index is 13.0. The molecule has 34 heavy (non-hydrogen) atoms. The van der Waals surface area contributed by atoms with Gasteiger partial charge in [0.25, 0.3) is 11.1 Å².